The van der Waals surface area contributed by atoms with Crippen molar-refractivity contribution in [3.8, 4) is 0 Å². The van der Waals surface area contributed by atoms with Crippen LogP contribution in [0.25, 0.3) is 0 Å². The third kappa shape index (κ3) is 2.98. The molecule has 0 saturated carbocycles. The zero-order valence-electron chi connectivity index (χ0n) is 9.33. The van der Waals surface area contributed by atoms with E-state index in [1.165, 1.54) is 0 Å². The summed E-state index contributed by atoms with van der Waals surface area (Å²) >= 11 is 0. The largest absolute Gasteiger partial charge is 0.340 e. The molecule has 2 N–H and O–H groups in total. The molecule has 1 aliphatic heterocycles. The fourth-order valence-corrected chi connectivity index (χ4v) is 2.15. The SMILES string of the molecule is CC(C)CC1CCC(=O)N1CCCN. The minimum atomic E-state index is 0.323. The number of hydrogen-bond acceptors (Lipinski definition) is 2. The lowest BCUT2D eigenvalue weighted by Crippen LogP contribution is -2.35. The van der Waals surface area contributed by atoms with E-state index in [2.05, 4.69) is 13.8 Å². The molecule has 3 nitrogen and oxygen atoms in total. The summed E-state index contributed by atoms with van der Waals surface area (Å²) in [5.41, 5.74) is 5.46. The summed E-state index contributed by atoms with van der Waals surface area (Å²) in [5.74, 6) is 0.996. The molecule has 0 bridgehead atoms. The molecule has 14 heavy (non-hydrogen) atoms. The maximum atomic E-state index is 11.6. The Balaban J connectivity index is 2.44. The van der Waals surface area contributed by atoms with Crippen LogP contribution in [-0.4, -0.2) is 29.9 Å². The number of amides is 1. The smallest absolute Gasteiger partial charge is 0.222 e. The lowest BCUT2D eigenvalue weighted by atomic mass is 10.0. The van der Waals surface area contributed by atoms with Gasteiger partial charge in [-0.25, -0.2) is 0 Å². The Bertz CT molecular complexity index is 192. The summed E-state index contributed by atoms with van der Waals surface area (Å²) in [6.45, 7) is 5.96. The molecule has 1 saturated heterocycles. The van der Waals surface area contributed by atoms with Gasteiger partial charge in [-0.1, -0.05) is 13.8 Å². The maximum absolute atomic E-state index is 11.6. The van der Waals surface area contributed by atoms with Crippen molar-refractivity contribution in [1.82, 2.24) is 4.90 Å². The molecule has 1 rings (SSSR count). The number of likely N-dealkylation sites (tertiary alicyclic amines) is 1. The lowest BCUT2D eigenvalue weighted by molar-refractivity contribution is -0.129. The highest BCUT2D eigenvalue weighted by Crippen LogP contribution is 2.24. The molecule has 82 valence electrons. The molecule has 1 fully saturated rings. The van der Waals surface area contributed by atoms with E-state index in [9.17, 15) is 4.79 Å². The Labute approximate surface area is 86.6 Å². The standard InChI is InChI=1S/C11H22N2O/c1-9(2)8-10-4-5-11(14)13(10)7-3-6-12/h9-10H,3-8,12H2,1-2H3. The number of carbonyl (C=O) groups excluding carboxylic acids is 1. The van der Waals surface area contributed by atoms with E-state index in [-0.39, 0.29) is 0 Å². The average molecular weight is 198 g/mol. The van der Waals surface area contributed by atoms with Crippen LogP contribution in [0, 0.1) is 5.92 Å². The van der Waals surface area contributed by atoms with Crippen LogP contribution >= 0.6 is 0 Å². The molecule has 1 aliphatic rings. The van der Waals surface area contributed by atoms with Crippen molar-refractivity contribution in [2.45, 2.75) is 45.6 Å². The molecule has 0 aromatic carbocycles. The number of nitrogens with two attached hydrogens (primary N) is 1. The first-order valence-electron chi connectivity index (χ1n) is 5.64. The first-order valence-corrected chi connectivity index (χ1v) is 5.64. The summed E-state index contributed by atoms with van der Waals surface area (Å²) in [6, 6.07) is 0.481. The second-order valence-electron chi connectivity index (χ2n) is 4.55. The Morgan fingerprint density at radius 1 is 1.57 bits per heavy atom. The van der Waals surface area contributed by atoms with E-state index < -0.39 is 0 Å². The van der Waals surface area contributed by atoms with Crippen molar-refractivity contribution in [1.29, 1.82) is 0 Å². The van der Waals surface area contributed by atoms with Crippen molar-refractivity contribution >= 4 is 5.91 Å². The van der Waals surface area contributed by atoms with Gasteiger partial charge >= 0.3 is 0 Å². The Morgan fingerprint density at radius 3 is 2.86 bits per heavy atom. The monoisotopic (exact) mass is 198 g/mol. The van der Waals surface area contributed by atoms with Crippen LogP contribution in [-0.2, 0) is 4.79 Å². The predicted molar refractivity (Wildman–Crippen MR) is 57.9 cm³/mol. The van der Waals surface area contributed by atoms with Gasteiger partial charge in [0.05, 0.1) is 0 Å². The van der Waals surface area contributed by atoms with Crippen LogP contribution in [0.1, 0.15) is 39.5 Å². The average Bonchev–Trinajstić information content (AvgIpc) is 2.44. The first-order chi connectivity index (χ1) is 6.65. The molecule has 0 radical (unpaired) electrons. The van der Waals surface area contributed by atoms with Crippen molar-refractivity contribution in [2.75, 3.05) is 13.1 Å². The minimum Gasteiger partial charge on any atom is -0.340 e. The van der Waals surface area contributed by atoms with Crippen molar-refractivity contribution < 1.29 is 4.79 Å². The maximum Gasteiger partial charge on any atom is 0.222 e. The molecule has 0 aliphatic carbocycles. The first kappa shape index (κ1) is 11.5. The second-order valence-corrected chi connectivity index (χ2v) is 4.55. The molecular formula is C11H22N2O. The number of nitrogens with zero attached hydrogens (tertiary/aromatic N) is 1. The highest BCUT2D eigenvalue weighted by atomic mass is 16.2. The summed E-state index contributed by atoms with van der Waals surface area (Å²) in [5, 5.41) is 0. The van der Waals surface area contributed by atoms with Crippen LogP contribution in [0.4, 0.5) is 0 Å². The van der Waals surface area contributed by atoms with Gasteiger partial charge in [-0.05, 0) is 31.7 Å². The van der Waals surface area contributed by atoms with Crippen molar-refractivity contribution in [2.24, 2.45) is 11.7 Å². The van der Waals surface area contributed by atoms with Crippen LogP contribution in [0.5, 0.6) is 0 Å². The summed E-state index contributed by atoms with van der Waals surface area (Å²) in [7, 11) is 0. The van der Waals surface area contributed by atoms with Gasteiger partial charge in [-0.2, -0.15) is 0 Å². The zero-order chi connectivity index (χ0) is 10.6. The second kappa shape index (κ2) is 5.35. The topological polar surface area (TPSA) is 46.3 Å². The number of rotatable bonds is 5. The van der Waals surface area contributed by atoms with Gasteiger partial charge in [0.15, 0.2) is 0 Å². The fourth-order valence-electron chi connectivity index (χ4n) is 2.15. The molecule has 3 heteroatoms. The fraction of sp³-hybridized carbons (Fsp3) is 0.909. The van der Waals surface area contributed by atoms with E-state index in [4.69, 9.17) is 5.73 Å². The number of hydrogen-bond donors (Lipinski definition) is 1. The quantitative estimate of drug-likeness (QED) is 0.725. The van der Waals surface area contributed by atoms with Gasteiger partial charge in [-0.15, -0.1) is 0 Å². The predicted octanol–water partition coefficient (Wildman–Crippen LogP) is 1.37. The summed E-state index contributed by atoms with van der Waals surface area (Å²) < 4.78 is 0. The van der Waals surface area contributed by atoms with Crippen LogP contribution in [0.3, 0.4) is 0 Å². The van der Waals surface area contributed by atoms with E-state index >= 15 is 0 Å². The van der Waals surface area contributed by atoms with Gasteiger partial charge in [0.25, 0.3) is 0 Å². The number of carbonyl (C=O) groups is 1. The van der Waals surface area contributed by atoms with Crippen molar-refractivity contribution in [3.05, 3.63) is 0 Å². The van der Waals surface area contributed by atoms with Gasteiger partial charge in [0.1, 0.15) is 0 Å². The molecule has 1 unspecified atom stereocenters. The Morgan fingerprint density at radius 2 is 2.29 bits per heavy atom. The summed E-state index contributed by atoms with van der Waals surface area (Å²) in [6.07, 6.45) is 3.85. The Kier molecular flexibility index (Phi) is 4.39. The van der Waals surface area contributed by atoms with Gasteiger partial charge in [0.2, 0.25) is 5.91 Å². The van der Waals surface area contributed by atoms with E-state index in [0.29, 0.717) is 24.4 Å². The van der Waals surface area contributed by atoms with Crippen molar-refractivity contribution in [3.63, 3.8) is 0 Å². The van der Waals surface area contributed by atoms with Crippen LogP contribution < -0.4 is 5.73 Å². The molecule has 1 heterocycles. The molecule has 1 amide bonds. The van der Waals surface area contributed by atoms with E-state index in [0.717, 1.165) is 32.2 Å². The zero-order valence-corrected chi connectivity index (χ0v) is 9.33. The minimum absolute atomic E-state index is 0.323. The summed E-state index contributed by atoms with van der Waals surface area (Å²) in [4.78, 5) is 13.6. The molecule has 1 atom stereocenters. The van der Waals surface area contributed by atoms with Gasteiger partial charge < -0.3 is 10.6 Å². The highest BCUT2D eigenvalue weighted by molar-refractivity contribution is 5.78. The molecular weight excluding hydrogens is 176 g/mol. The third-order valence-electron chi connectivity index (χ3n) is 2.80. The Hall–Kier alpha value is -0.570. The van der Waals surface area contributed by atoms with Gasteiger partial charge in [0, 0.05) is 19.0 Å². The van der Waals surface area contributed by atoms with E-state index in [1.54, 1.807) is 0 Å². The normalized spacial score (nSPS) is 22.4. The molecule has 0 aromatic heterocycles. The highest BCUT2D eigenvalue weighted by Gasteiger charge is 2.30. The van der Waals surface area contributed by atoms with Crippen LogP contribution in [0.2, 0.25) is 0 Å². The van der Waals surface area contributed by atoms with E-state index in [1.807, 2.05) is 4.90 Å². The van der Waals surface area contributed by atoms with Gasteiger partial charge in [-0.3, -0.25) is 4.79 Å². The molecule has 0 aromatic rings. The van der Waals surface area contributed by atoms with Crippen LogP contribution in [0.15, 0.2) is 0 Å². The lowest BCUT2D eigenvalue weighted by Gasteiger charge is -2.25. The third-order valence-corrected chi connectivity index (χ3v) is 2.80. The molecule has 0 spiro atoms.